The average molecular weight is 220 g/mol. The number of hydrogen-bond donors (Lipinski definition) is 1. The minimum absolute atomic E-state index is 0.0186. The number of pyridine rings is 1. The quantitative estimate of drug-likeness (QED) is 0.845. The summed E-state index contributed by atoms with van der Waals surface area (Å²) >= 11 is 0. The van der Waals surface area contributed by atoms with Gasteiger partial charge in [-0.3, -0.25) is 9.36 Å². The summed E-state index contributed by atoms with van der Waals surface area (Å²) in [6.07, 6.45) is 1.74. The van der Waals surface area contributed by atoms with Gasteiger partial charge in [-0.2, -0.15) is 5.26 Å². The van der Waals surface area contributed by atoms with Gasteiger partial charge in [0.2, 0.25) is 0 Å². The van der Waals surface area contributed by atoms with Crippen molar-refractivity contribution in [3.8, 4) is 11.9 Å². The van der Waals surface area contributed by atoms with Crippen LogP contribution < -0.4 is 5.56 Å². The second-order valence-electron chi connectivity index (χ2n) is 3.87. The van der Waals surface area contributed by atoms with Crippen molar-refractivity contribution < 1.29 is 5.11 Å². The third-order valence-electron chi connectivity index (χ3n) is 2.83. The van der Waals surface area contributed by atoms with Crippen LogP contribution in [0.25, 0.3) is 0 Å². The highest BCUT2D eigenvalue weighted by Gasteiger charge is 2.15. The van der Waals surface area contributed by atoms with Gasteiger partial charge in [-0.05, 0) is 25.8 Å². The molecule has 1 heterocycles. The first kappa shape index (κ1) is 12.3. The van der Waals surface area contributed by atoms with Crippen molar-refractivity contribution in [3.05, 3.63) is 27.0 Å². The van der Waals surface area contributed by atoms with E-state index in [0.29, 0.717) is 17.7 Å². The molecule has 1 aromatic heterocycles. The Balaban J connectivity index is 3.45. The molecule has 0 aliphatic carbocycles. The van der Waals surface area contributed by atoms with Crippen molar-refractivity contribution in [2.24, 2.45) is 0 Å². The standard InChI is InChI=1S/C12H16N2O2/c1-4-5-6-14-11(15)9(3)8(2)10(7-13)12(14)16/h15H,4-6H2,1-3H3. The van der Waals surface area contributed by atoms with Gasteiger partial charge in [0.15, 0.2) is 5.88 Å². The van der Waals surface area contributed by atoms with Crippen LogP contribution in [0, 0.1) is 25.2 Å². The molecule has 0 saturated carbocycles. The molecule has 0 saturated heterocycles. The normalized spacial score (nSPS) is 10.1. The Morgan fingerprint density at radius 2 is 2.00 bits per heavy atom. The van der Waals surface area contributed by atoms with E-state index in [1.54, 1.807) is 13.8 Å². The number of aromatic nitrogens is 1. The Kier molecular flexibility index (Phi) is 3.73. The van der Waals surface area contributed by atoms with Crippen LogP contribution in [0.15, 0.2) is 4.79 Å². The van der Waals surface area contributed by atoms with Gasteiger partial charge in [0.25, 0.3) is 5.56 Å². The van der Waals surface area contributed by atoms with E-state index in [1.165, 1.54) is 4.57 Å². The van der Waals surface area contributed by atoms with Crippen LogP contribution in [0.4, 0.5) is 0 Å². The molecule has 0 aliphatic rings. The van der Waals surface area contributed by atoms with Crippen molar-refractivity contribution in [2.45, 2.75) is 40.2 Å². The van der Waals surface area contributed by atoms with Crippen molar-refractivity contribution in [3.63, 3.8) is 0 Å². The maximum absolute atomic E-state index is 11.9. The SMILES string of the molecule is CCCCn1c(O)c(C)c(C)c(C#N)c1=O. The monoisotopic (exact) mass is 220 g/mol. The molecule has 0 unspecified atom stereocenters. The fourth-order valence-corrected chi connectivity index (χ4v) is 1.60. The van der Waals surface area contributed by atoms with Crippen molar-refractivity contribution in [1.82, 2.24) is 4.57 Å². The molecule has 4 heteroatoms. The van der Waals surface area contributed by atoms with E-state index in [0.717, 1.165) is 12.8 Å². The fraction of sp³-hybridized carbons (Fsp3) is 0.500. The number of nitriles is 1. The molecule has 0 aromatic carbocycles. The fourth-order valence-electron chi connectivity index (χ4n) is 1.60. The summed E-state index contributed by atoms with van der Waals surface area (Å²) in [4.78, 5) is 11.9. The van der Waals surface area contributed by atoms with E-state index in [4.69, 9.17) is 5.26 Å². The number of unbranched alkanes of at least 4 members (excludes halogenated alkanes) is 1. The van der Waals surface area contributed by atoms with Crippen LogP contribution in [-0.4, -0.2) is 9.67 Å². The Morgan fingerprint density at radius 3 is 2.50 bits per heavy atom. The van der Waals surface area contributed by atoms with Crippen molar-refractivity contribution in [2.75, 3.05) is 0 Å². The molecule has 0 amide bonds. The lowest BCUT2D eigenvalue weighted by Gasteiger charge is -2.13. The Labute approximate surface area is 94.8 Å². The predicted molar refractivity (Wildman–Crippen MR) is 61.5 cm³/mol. The van der Waals surface area contributed by atoms with Gasteiger partial charge in [-0.1, -0.05) is 13.3 Å². The minimum atomic E-state index is -0.392. The molecule has 0 radical (unpaired) electrons. The maximum Gasteiger partial charge on any atom is 0.271 e. The van der Waals surface area contributed by atoms with E-state index in [2.05, 4.69) is 0 Å². The van der Waals surface area contributed by atoms with E-state index in [9.17, 15) is 9.90 Å². The first-order valence-corrected chi connectivity index (χ1v) is 5.37. The number of hydrogen-bond acceptors (Lipinski definition) is 3. The maximum atomic E-state index is 11.9. The van der Waals surface area contributed by atoms with Gasteiger partial charge in [0.05, 0.1) is 0 Å². The summed E-state index contributed by atoms with van der Waals surface area (Å²) in [6.45, 7) is 5.86. The smallest absolute Gasteiger partial charge is 0.271 e. The molecular formula is C12H16N2O2. The molecule has 0 atom stereocenters. The van der Waals surface area contributed by atoms with Gasteiger partial charge >= 0.3 is 0 Å². The molecule has 0 fully saturated rings. The Hall–Kier alpha value is -1.76. The zero-order chi connectivity index (χ0) is 12.3. The summed E-state index contributed by atoms with van der Waals surface area (Å²) in [5, 5.41) is 18.8. The second kappa shape index (κ2) is 4.84. The first-order chi connectivity index (χ1) is 7.54. The molecule has 1 rings (SSSR count). The zero-order valence-electron chi connectivity index (χ0n) is 9.87. The molecule has 1 N–H and O–H groups in total. The van der Waals surface area contributed by atoms with Crippen LogP contribution in [0.2, 0.25) is 0 Å². The van der Waals surface area contributed by atoms with Gasteiger partial charge < -0.3 is 5.11 Å². The van der Waals surface area contributed by atoms with Gasteiger partial charge in [0.1, 0.15) is 11.6 Å². The highest BCUT2D eigenvalue weighted by molar-refractivity contribution is 5.44. The largest absolute Gasteiger partial charge is 0.494 e. The summed E-state index contributed by atoms with van der Waals surface area (Å²) in [5.41, 5.74) is 0.910. The Bertz CT molecular complexity index is 495. The van der Waals surface area contributed by atoms with E-state index >= 15 is 0 Å². The third kappa shape index (κ3) is 1.94. The van der Waals surface area contributed by atoms with Crippen LogP contribution in [-0.2, 0) is 6.54 Å². The van der Waals surface area contributed by atoms with E-state index in [1.807, 2.05) is 13.0 Å². The third-order valence-corrected chi connectivity index (χ3v) is 2.83. The van der Waals surface area contributed by atoms with Gasteiger partial charge in [-0.25, -0.2) is 0 Å². The molecule has 0 aliphatic heterocycles. The van der Waals surface area contributed by atoms with Crippen molar-refractivity contribution >= 4 is 0 Å². The molecule has 1 aromatic rings. The van der Waals surface area contributed by atoms with Gasteiger partial charge in [-0.15, -0.1) is 0 Å². The molecular weight excluding hydrogens is 204 g/mol. The van der Waals surface area contributed by atoms with Gasteiger partial charge in [0, 0.05) is 12.1 Å². The number of rotatable bonds is 3. The second-order valence-corrected chi connectivity index (χ2v) is 3.87. The van der Waals surface area contributed by atoms with E-state index < -0.39 is 5.56 Å². The molecule has 86 valence electrons. The molecule has 0 bridgehead atoms. The topological polar surface area (TPSA) is 66.0 Å². The van der Waals surface area contributed by atoms with Crippen LogP contribution in [0.5, 0.6) is 5.88 Å². The average Bonchev–Trinajstić information content (AvgIpc) is 2.27. The van der Waals surface area contributed by atoms with E-state index in [-0.39, 0.29) is 11.4 Å². The summed E-state index contributed by atoms with van der Waals surface area (Å²) in [7, 11) is 0. The molecule has 0 spiro atoms. The summed E-state index contributed by atoms with van der Waals surface area (Å²) in [5.74, 6) is -0.0186. The highest BCUT2D eigenvalue weighted by atomic mass is 16.3. The number of nitrogens with zero attached hydrogens (tertiary/aromatic N) is 2. The lowest BCUT2D eigenvalue weighted by molar-refractivity contribution is 0.396. The molecule has 4 nitrogen and oxygen atoms in total. The lowest BCUT2D eigenvalue weighted by atomic mass is 10.1. The van der Waals surface area contributed by atoms with Crippen molar-refractivity contribution in [1.29, 1.82) is 5.26 Å². The summed E-state index contributed by atoms with van der Waals surface area (Å²) < 4.78 is 1.28. The minimum Gasteiger partial charge on any atom is -0.494 e. The number of aromatic hydroxyl groups is 1. The van der Waals surface area contributed by atoms with Crippen LogP contribution >= 0.6 is 0 Å². The molecule has 16 heavy (non-hydrogen) atoms. The zero-order valence-corrected chi connectivity index (χ0v) is 9.87. The lowest BCUT2D eigenvalue weighted by Crippen LogP contribution is -2.24. The highest BCUT2D eigenvalue weighted by Crippen LogP contribution is 2.20. The Morgan fingerprint density at radius 1 is 1.38 bits per heavy atom. The summed E-state index contributed by atoms with van der Waals surface area (Å²) in [6, 6.07) is 1.90. The first-order valence-electron chi connectivity index (χ1n) is 5.37. The predicted octanol–water partition coefficient (Wildman–Crippen LogP) is 1.84. The van der Waals surface area contributed by atoms with Crippen LogP contribution in [0.3, 0.4) is 0 Å². The van der Waals surface area contributed by atoms with Crippen LogP contribution in [0.1, 0.15) is 36.5 Å².